The largest absolute Gasteiger partial charge is 0.453 e. The van der Waals surface area contributed by atoms with Crippen molar-refractivity contribution in [2.24, 2.45) is 0 Å². The average Bonchev–Trinajstić information content (AvgIpc) is 2.63. The van der Waals surface area contributed by atoms with E-state index in [9.17, 15) is 14.0 Å². The number of nitrogens with one attached hydrogen (secondary N) is 1. The van der Waals surface area contributed by atoms with Gasteiger partial charge in [0.2, 0.25) is 11.3 Å². The molecular weight excluding hydrogens is 333 g/mol. The van der Waals surface area contributed by atoms with E-state index >= 15 is 0 Å². The van der Waals surface area contributed by atoms with Crippen molar-refractivity contribution < 1.29 is 13.6 Å². The molecule has 1 N–H and O–H groups in total. The first-order chi connectivity index (χ1) is 12.6. The van der Waals surface area contributed by atoms with Gasteiger partial charge in [-0.15, -0.1) is 0 Å². The Hall–Kier alpha value is -3.47. The molecule has 4 nitrogen and oxygen atoms in total. The first-order valence-electron chi connectivity index (χ1n) is 8.11. The third kappa shape index (κ3) is 2.95. The molecule has 0 aliphatic heterocycles. The molecule has 1 amide bonds. The number of halogens is 1. The van der Waals surface area contributed by atoms with Gasteiger partial charge in [-0.1, -0.05) is 36.4 Å². The maximum atomic E-state index is 13.9. The molecule has 0 bridgehead atoms. The van der Waals surface area contributed by atoms with Gasteiger partial charge in [0.1, 0.15) is 5.58 Å². The minimum Gasteiger partial charge on any atom is -0.453 e. The monoisotopic (exact) mass is 347 g/mol. The van der Waals surface area contributed by atoms with Gasteiger partial charge >= 0.3 is 0 Å². The van der Waals surface area contributed by atoms with Crippen molar-refractivity contribution in [3.05, 3.63) is 88.3 Å². The van der Waals surface area contributed by atoms with Crippen LogP contribution in [0.15, 0.2) is 75.9 Å². The summed E-state index contributed by atoms with van der Waals surface area (Å²) < 4.78 is 19.5. The maximum absolute atomic E-state index is 13.9. The van der Waals surface area contributed by atoms with E-state index in [1.165, 1.54) is 24.3 Å². The van der Waals surface area contributed by atoms with Gasteiger partial charge < -0.3 is 9.73 Å². The van der Waals surface area contributed by atoms with Crippen LogP contribution in [0.1, 0.15) is 5.56 Å². The number of rotatable bonds is 3. The van der Waals surface area contributed by atoms with Gasteiger partial charge in [0.05, 0.1) is 17.2 Å². The zero-order valence-electron chi connectivity index (χ0n) is 13.7. The van der Waals surface area contributed by atoms with Gasteiger partial charge in [-0.25, -0.2) is 4.39 Å². The quantitative estimate of drug-likeness (QED) is 0.563. The predicted octanol–water partition coefficient (Wildman–Crippen LogP) is 4.27. The summed E-state index contributed by atoms with van der Waals surface area (Å²) in [6, 6.07) is 18.3. The Balaban J connectivity index is 1.69. The predicted molar refractivity (Wildman–Crippen MR) is 98.7 cm³/mol. The van der Waals surface area contributed by atoms with Crippen LogP contribution in [0, 0.1) is 5.82 Å². The highest BCUT2D eigenvalue weighted by molar-refractivity contribution is 5.96. The molecule has 0 fully saturated rings. The number of carbonyl (C=O) groups is 1. The summed E-state index contributed by atoms with van der Waals surface area (Å²) in [5.41, 5.74) is 1.22. The summed E-state index contributed by atoms with van der Waals surface area (Å²) in [5.74, 6) is -0.787. The second-order valence-corrected chi connectivity index (χ2v) is 5.97. The van der Waals surface area contributed by atoms with E-state index in [4.69, 9.17) is 4.42 Å². The van der Waals surface area contributed by atoms with Crippen LogP contribution in [0.25, 0.3) is 21.9 Å². The molecule has 0 unspecified atom stereocenters. The van der Waals surface area contributed by atoms with E-state index in [1.807, 2.05) is 30.3 Å². The van der Waals surface area contributed by atoms with Crippen molar-refractivity contribution in [3.8, 4) is 0 Å². The summed E-state index contributed by atoms with van der Waals surface area (Å²) >= 11 is 0. The third-order valence-corrected chi connectivity index (χ3v) is 4.14. The van der Waals surface area contributed by atoms with Crippen LogP contribution < -0.4 is 10.7 Å². The van der Waals surface area contributed by atoms with E-state index in [1.54, 1.807) is 12.1 Å². The lowest BCUT2D eigenvalue weighted by molar-refractivity contribution is -0.115. The van der Waals surface area contributed by atoms with Gasteiger partial charge in [-0.2, -0.15) is 0 Å². The molecule has 26 heavy (non-hydrogen) atoms. The summed E-state index contributed by atoms with van der Waals surface area (Å²) in [5, 5.41) is 3.30. The number of fused-ring (bicyclic) bond motifs is 2. The molecule has 3 aromatic carbocycles. The zero-order chi connectivity index (χ0) is 18.1. The molecule has 0 saturated carbocycles. The van der Waals surface area contributed by atoms with Gasteiger partial charge in [-0.3, -0.25) is 9.59 Å². The van der Waals surface area contributed by atoms with E-state index in [2.05, 4.69) is 5.32 Å². The molecular formula is C21H14FNO3. The number of anilines is 1. The topological polar surface area (TPSA) is 59.3 Å². The first-order valence-corrected chi connectivity index (χ1v) is 8.11. The summed E-state index contributed by atoms with van der Waals surface area (Å²) in [4.78, 5) is 24.7. The molecule has 0 aliphatic rings. The second-order valence-electron chi connectivity index (χ2n) is 5.97. The van der Waals surface area contributed by atoms with Crippen LogP contribution in [-0.4, -0.2) is 5.91 Å². The minimum atomic E-state index is -0.597. The number of benzene rings is 3. The number of para-hydroxylation sites is 1. The van der Waals surface area contributed by atoms with Crippen molar-refractivity contribution in [2.45, 2.75) is 6.42 Å². The van der Waals surface area contributed by atoms with Gasteiger partial charge in [0, 0.05) is 11.8 Å². The van der Waals surface area contributed by atoms with Crippen LogP contribution in [0.3, 0.4) is 0 Å². The summed E-state index contributed by atoms with van der Waals surface area (Å²) in [7, 11) is 0. The highest BCUT2D eigenvalue weighted by Crippen LogP contribution is 2.23. The van der Waals surface area contributed by atoms with E-state index < -0.39 is 5.82 Å². The first kappa shape index (κ1) is 16.0. The molecule has 5 heteroatoms. The van der Waals surface area contributed by atoms with Gasteiger partial charge in [0.15, 0.2) is 11.4 Å². The average molecular weight is 347 g/mol. The smallest absolute Gasteiger partial charge is 0.228 e. The summed E-state index contributed by atoms with van der Waals surface area (Å²) in [6.45, 7) is 0. The minimum absolute atomic E-state index is 0.0854. The maximum Gasteiger partial charge on any atom is 0.228 e. The number of hydrogen-bond acceptors (Lipinski definition) is 3. The molecule has 0 spiro atoms. The fourth-order valence-corrected chi connectivity index (χ4v) is 2.90. The van der Waals surface area contributed by atoms with Gasteiger partial charge in [-0.05, 0) is 29.8 Å². The number of amides is 1. The molecule has 1 heterocycles. The number of carbonyl (C=O) groups excluding carboxylic acids is 1. The van der Waals surface area contributed by atoms with Crippen molar-refractivity contribution >= 4 is 33.5 Å². The van der Waals surface area contributed by atoms with Crippen LogP contribution in [-0.2, 0) is 11.2 Å². The van der Waals surface area contributed by atoms with E-state index in [0.717, 1.165) is 5.56 Å². The zero-order valence-corrected chi connectivity index (χ0v) is 13.7. The van der Waals surface area contributed by atoms with Crippen molar-refractivity contribution in [2.75, 3.05) is 5.32 Å². The molecule has 128 valence electrons. The summed E-state index contributed by atoms with van der Waals surface area (Å²) in [6.07, 6.45) is 0.231. The fraction of sp³-hybridized carbons (Fsp3) is 0.0476. The van der Waals surface area contributed by atoms with Crippen molar-refractivity contribution in [1.82, 2.24) is 0 Å². The van der Waals surface area contributed by atoms with Crippen LogP contribution in [0.5, 0.6) is 0 Å². The molecule has 0 aliphatic carbocycles. The second kappa shape index (κ2) is 6.44. The van der Waals surface area contributed by atoms with Crippen molar-refractivity contribution in [3.63, 3.8) is 0 Å². The normalized spacial score (nSPS) is 11.0. The Morgan fingerprint density at radius 3 is 2.58 bits per heavy atom. The Morgan fingerprint density at radius 2 is 1.77 bits per heavy atom. The Labute approximate surface area is 147 Å². The Bertz CT molecular complexity index is 1180. The lowest BCUT2D eigenvalue weighted by atomic mass is 10.1. The fourth-order valence-electron chi connectivity index (χ4n) is 2.90. The Kier molecular flexibility index (Phi) is 3.97. The lowest BCUT2D eigenvalue weighted by Gasteiger charge is -2.07. The molecule has 1 aromatic heterocycles. The SMILES string of the molecule is O=C(Cc1ccccc1)Nc1ccc2c(=O)c3cccc(F)c3oc2c1. The highest BCUT2D eigenvalue weighted by atomic mass is 19.1. The molecule has 4 rings (SSSR count). The third-order valence-electron chi connectivity index (χ3n) is 4.14. The van der Waals surface area contributed by atoms with Crippen LogP contribution in [0.4, 0.5) is 10.1 Å². The lowest BCUT2D eigenvalue weighted by Crippen LogP contribution is -2.14. The van der Waals surface area contributed by atoms with Crippen LogP contribution in [0.2, 0.25) is 0 Å². The molecule has 0 radical (unpaired) electrons. The van der Waals surface area contributed by atoms with Gasteiger partial charge in [0.25, 0.3) is 0 Å². The molecule has 4 aromatic rings. The highest BCUT2D eigenvalue weighted by Gasteiger charge is 2.12. The standard InChI is InChI=1S/C21H14FNO3/c22-17-8-4-7-16-20(25)15-10-9-14(12-18(15)26-21(16)17)23-19(24)11-13-5-2-1-3-6-13/h1-10,12H,11H2,(H,23,24). The molecule has 0 saturated heterocycles. The molecule has 0 atom stereocenters. The van der Waals surface area contributed by atoms with Crippen molar-refractivity contribution in [1.29, 1.82) is 0 Å². The number of hydrogen-bond donors (Lipinski definition) is 1. The van der Waals surface area contributed by atoms with E-state index in [-0.39, 0.29) is 34.3 Å². The Morgan fingerprint density at radius 1 is 0.962 bits per heavy atom. The van der Waals surface area contributed by atoms with Crippen LogP contribution >= 0.6 is 0 Å². The van der Waals surface area contributed by atoms with E-state index in [0.29, 0.717) is 11.1 Å².